The molecule has 0 aliphatic rings. The number of benzene rings is 1. The molecule has 0 aliphatic carbocycles. The predicted octanol–water partition coefficient (Wildman–Crippen LogP) is 1.66. The molecule has 0 aromatic heterocycles. The van der Waals surface area contributed by atoms with Crippen molar-refractivity contribution < 1.29 is 9.59 Å². The molecule has 0 spiro atoms. The lowest BCUT2D eigenvalue weighted by molar-refractivity contribution is 0.0957. The summed E-state index contributed by atoms with van der Waals surface area (Å²) in [5.41, 5.74) is 5.93. The van der Waals surface area contributed by atoms with Gasteiger partial charge < -0.3 is 16.4 Å². The van der Waals surface area contributed by atoms with E-state index >= 15 is 0 Å². The number of anilines is 1. The highest BCUT2D eigenvalue weighted by molar-refractivity contribution is 6.29. The number of urea groups is 1. The maximum atomic E-state index is 11.6. The molecule has 0 saturated heterocycles. The van der Waals surface area contributed by atoms with Crippen LogP contribution in [0.3, 0.4) is 0 Å². The number of nitrogens with two attached hydrogens (primary N) is 1. The summed E-state index contributed by atoms with van der Waals surface area (Å²) in [5.74, 6) is -0.266. The Bertz CT molecular complexity index is 443. The van der Waals surface area contributed by atoms with Gasteiger partial charge in [-0.3, -0.25) is 4.79 Å². The molecule has 1 rings (SSSR count). The molecule has 3 amide bonds. The Morgan fingerprint density at radius 1 is 1.29 bits per heavy atom. The molecular formula is C11H12ClN3O2. The van der Waals surface area contributed by atoms with Gasteiger partial charge >= 0.3 is 6.03 Å². The zero-order valence-corrected chi connectivity index (χ0v) is 9.75. The van der Waals surface area contributed by atoms with E-state index in [9.17, 15) is 9.59 Å². The fraction of sp³-hybridized carbons (Fsp3) is 0.0909. The van der Waals surface area contributed by atoms with Crippen LogP contribution in [0.25, 0.3) is 0 Å². The van der Waals surface area contributed by atoms with E-state index in [0.717, 1.165) is 0 Å². The Kier molecular flexibility index (Phi) is 4.54. The van der Waals surface area contributed by atoms with Crippen molar-refractivity contribution in [2.75, 3.05) is 11.9 Å². The van der Waals surface area contributed by atoms with Gasteiger partial charge in [0.25, 0.3) is 5.91 Å². The summed E-state index contributed by atoms with van der Waals surface area (Å²) in [6.07, 6.45) is 0. The third kappa shape index (κ3) is 4.56. The van der Waals surface area contributed by atoms with E-state index in [-0.39, 0.29) is 12.5 Å². The predicted molar refractivity (Wildman–Crippen MR) is 67.0 cm³/mol. The molecule has 0 bridgehead atoms. The summed E-state index contributed by atoms with van der Waals surface area (Å²) in [4.78, 5) is 22.1. The fourth-order valence-corrected chi connectivity index (χ4v) is 1.19. The van der Waals surface area contributed by atoms with Crippen LogP contribution >= 0.6 is 11.6 Å². The topological polar surface area (TPSA) is 84.2 Å². The largest absolute Gasteiger partial charge is 0.351 e. The minimum absolute atomic E-state index is 0.210. The quantitative estimate of drug-likeness (QED) is 0.762. The molecule has 1 aromatic carbocycles. The Hall–Kier alpha value is -2.01. The smallest absolute Gasteiger partial charge is 0.316 e. The van der Waals surface area contributed by atoms with Crippen molar-refractivity contribution in [1.82, 2.24) is 5.32 Å². The van der Waals surface area contributed by atoms with E-state index in [4.69, 9.17) is 17.3 Å². The average molecular weight is 254 g/mol. The SMILES string of the molecule is C=C(Cl)CNC(=O)c1ccc(NC(N)=O)cc1. The van der Waals surface area contributed by atoms with Crippen LogP contribution in [0.2, 0.25) is 0 Å². The third-order valence-electron chi connectivity index (χ3n) is 1.86. The molecule has 0 aliphatic heterocycles. The van der Waals surface area contributed by atoms with Gasteiger partial charge in [-0.2, -0.15) is 0 Å². The lowest BCUT2D eigenvalue weighted by atomic mass is 10.2. The number of rotatable bonds is 4. The number of nitrogens with one attached hydrogen (secondary N) is 2. The number of carbonyl (C=O) groups is 2. The van der Waals surface area contributed by atoms with Gasteiger partial charge in [-0.1, -0.05) is 18.2 Å². The van der Waals surface area contributed by atoms with Crippen LogP contribution in [0.15, 0.2) is 35.9 Å². The second-order valence-corrected chi connectivity index (χ2v) is 3.80. The summed E-state index contributed by atoms with van der Waals surface area (Å²) in [7, 11) is 0. The van der Waals surface area contributed by atoms with Gasteiger partial charge in [0.2, 0.25) is 0 Å². The van der Waals surface area contributed by atoms with E-state index in [2.05, 4.69) is 17.2 Å². The number of halogens is 1. The third-order valence-corrected chi connectivity index (χ3v) is 1.99. The molecule has 0 radical (unpaired) electrons. The van der Waals surface area contributed by atoms with Gasteiger partial charge in [0.1, 0.15) is 0 Å². The first kappa shape index (κ1) is 13.1. The van der Waals surface area contributed by atoms with E-state index in [1.54, 1.807) is 24.3 Å². The number of amides is 3. The van der Waals surface area contributed by atoms with Crippen LogP contribution in [0.4, 0.5) is 10.5 Å². The molecule has 0 atom stereocenters. The minimum Gasteiger partial charge on any atom is -0.351 e. The van der Waals surface area contributed by atoms with Gasteiger partial charge in [0.05, 0.1) is 6.54 Å². The van der Waals surface area contributed by atoms with Gasteiger partial charge in [0.15, 0.2) is 0 Å². The maximum Gasteiger partial charge on any atom is 0.316 e. The summed E-state index contributed by atoms with van der Waals surface area (Å²) in [5, 5.41) is 5.32. The van der Waals surface area contributed by atoms with Crippen molar-refractivity contribution in [1.29, 1.82) is 0 Å². The van der Waals surface area contributed by atoms with Crippen molar-refractivity contribution >= 4 is 29.2 Å². The van der Waals surface area contributed by atoms with E-state index in [1.807, 2.05) is 0 Å². The Balaban J connectivity index is 2.63. The summed E-state index contributed by atoms with van der Waals surface area (Å²) >= 11 is 5.52. The Morgan fingerprint density at radius 3 is 2.35 bits per heavy atom. The number of hydrogen-bond donors (Lipinski definition) is 3. The lowest BCUT2D eigenvalue weighted by Crippen LogP contribution is -2.24. The number of primary amides is 1. The van der Waals surface area contributed by atoms with Crippen LogP contribution < -0.4 is 16.4 Å². The molecule has 17 heavy (non-hydrogen) atoms. The van der Waals surface area contributed by atoms with Crippen molar-refractivity contribution in [2.24, 2.45) is 5.73 Å². The van der Waals surface area contributed by atoms with Crippen LogP contribution in [-0.4, -0.2) is 18.5 Å². The highest BCUT2D eigenvalue weighted by atomic mass is 35.5. The van der Waals surface area contributed by atoms with Gasteiger partial charge in [-0.25, -0.2) is 4.79 Å². The van der Waals surface area contributed by atoms with Crippen molar-refractivity contribution in [3.05, 3.63) is 41.4 Å². The van der Waals surface area contributed by atoms with Crippen LogP contribution in [0.5, 0.6) is 0 Å². The molecule has 6 heteroatoms. The van der Waals surface area contributed by atoms with Crippen molar-refractivity contribution in [3.63, 3.8) is 0 Å². The Labute approximate surface area is 104 Å². The normalized spacial score (nSPS) is 9.47. The molecule has 0 heterocycles. The standard InChI is InChI=1S/C11H12ClN3O2/c1-7(12)6-14-10(16)8-2-4-9(5-3-8)15-11(13)17/h2-5H,1,6H2,(H,14,16)(H3,13,15,17). The highest BCUT2D eigenvalue weighted by Crippen LogP contribution is 2.09. The van der Waals surface area contributed by atoms with Crippen LogP contribution in [-0.2, 0) is 0 Å². The van der Waals surface area contributed by atoms with Gasteiger partial charge in [-0.05, 0) is 24.3 Å². The van der Waals surface area contributed by atoms with Gasteiger partial charge in [-0.15, -0.1) is 0 Å². The van der Waals surface area contributed by atoms with E-state index < -0.39 is 6.03 Å². The van der Waals surface area contributed by atoms with Crippen LogP contribution in [0, 0.1) is 0 Å². The zero-order valence-electron chi connectivity index (χ0n) is 9.00. The maximum absolute atomic E-state index is 11.6. The van der Waals surface area contributed by atoms with Crippen LogP contribution in [0.1, 0.15) is 10.4 Å². The molecule has 4 N–H and O–H groups in total. The lowest BCUT2D eigenvalue weighted by Gasteiger charge is -2.05. The monoisotopic (exact) mass is 253 g/mol. The first-order valence-corrected chi connectivity index (χ1v) is 5.15. The molecular weight excluding hydrogens is 242 g/mol. The first-order valence-electron chi connectivity index (χ1n) is 4.77. The second kappa shape index (κ2) is 5.91. The summed E-state index contributed by atoms with van der Waals surface area (Å²) in [6, 6.07) is 5.64. The second-order valence-electron chi connectivity index (χ2n) is 3.27. The molecule has 1 aromatic rings. The highest BCUT2D eigenvalue weighted by Gasteiger charge is 2.05. The number of carbonyl (C=O) groups excluding carboxylic acids is 2. The molecule has 0 saturated carbocycles. The minimum atomic E-state index is -0.652. The first-order chi connectivity index (χ1) is 7.99. The summed E-state index contributed by atoms with van der Waals surface area (Å²) in [6.45, 7) is 3.67. The molecule has 0 fully saturated rings. The molecule has 90 valence electrons. The van der Waals surface area contributed by atoms with E-state index in [1.165, 1.54) is 0 Å². The van der Waals surface area contributed by atoms with Crippen molar-refractivity contribution in [3.8, 4) is 0 Å². The molecule has 5 nitrogen and oxygen atoms in total. The Morgan fingerprint density at radius 2 is 1.88 bits per heavy atom. The average Bonchev–Trinajstić information content (AvgIpc) is 2.26. The zero-order chi connectivity index (χ0) is 12.8. The van der Waals surface area contributed by atoms with Gasteiger partial charge in [0, 0.05) is 16.3 Å². The number of hydrogen-bond acceptors (Lipinski definition) is 2. The molecule has 0 unspecified atom stereocenters. The fourth-order valence-electron chi connectivity index (χ4n) is 1.13. The van der Waals surface area contributed by atoms with Crippen molar-refractivity contribution in [2.45, 2.75) is 0 Å². The van der Waals surface area contributed by atoms with E-state index in [0.29, 0.717) is 16.3 Å². The summed E-state index contributed by atoms with van der Waals surface area (Å²) < 4.78 is 0.